The molecule has 1 aliphatic rings. The Labute approximate surface area is 159 Å². The number of aromatic nitrogens is 3. The molecule has 146 valence electrons. The summed E-state index contributed by atoms with van der Waals surface area (Å²) in [5.74, 6) is 2.08. The van der Waals surface area contributed by atoms with E-state index >= 15 is 0 Å². The van der Waals surface area contributed by atoms with Gasteiger partial charge in [-0.25, -0.2) is 4.98 Å². The van der Waals surface area contributed by atoms with Crippen LogP contribution in [0.3, 0.4) is 0 Å². The third-order valence-corrected chi connectivity index (χ3v) is 5.04. The van der Waals surface area contributed by atoms with Crippen LogP contribution in [-0.2, 0) is 0 Å². The summed E-state index contributed by atoms with van der Waals surface area (Å²) in [5.41, 5.74) is 2.42. The van der Waals surface area contributed by atoms with Crippen molar-refractivity contribution in [3.05, 3.63) is 28.8 Å². The highest BCUT2D eigenvalue weighted by Crippen LogP contribution is 2.24. The number of amides is 1. The molecule has 3 rings (SSSR count). The Morgan fingerprint density at radius 2 is 1.78 bits per heavy atom. The molecule has 0 aliphatic heterocycles. The first-order valence-electron chi connectivity index (χ1n) is 9.36. The van der Waals surface area contributed by atoms with Gasteiger partial charge >= 0.3 is 0 Å². The monoisotopic (exact) mass is 372 g/mol. The summed E-state index contributed by atoms with van der Waals surface area (Å²) in [6.45, 7) is 5.82. The molecule has 8 nitrogen and oxygen atoms in total. The van der Waals surface area contributed by atoms with E-state index in [9.17, 15) is 4.79 Å². The van der Waals surface area contributed by atoms with Crippen LogP contribution in [-0.4, -0.2) is 47.2 Å². The molecule has 1 amide bonds. The van der Waals surface area contributed by atoms with Gasteiger partial charge in [-0.1, -0.05) is 5.16 Å². The normalized spacial score (nSPS) is 19.6. The zero-order valence-corrected chi connectivity index (χ0v) is 16.7. The van der Waals surface area contributed by atoms with Crippen molar-refractivity contribution in [2.24, 2.45) is 0 Å². The van der Waals surface area contributed by atoms with Crippen LogP contribution in [0.2, 0.25) is 0 Å². The van der Waals surface area contributed by atoms with E-state index in [-0.39, 0.29) is 11.9 Å². The second-order valence-corrected chi connectivity index (χ2v) is 7.46. The maximum Gasteiger partial charge on any atom is 0.273 e. The molecule has 1 fully saturated rings. The van der Waals surface area contributed by atoms with Gasteiger partial charge in [-0.15, -0.1) is 0 Å². The Morgan fingerprint density at radius 1 is 1.11 bits per heavy atom. The minimum Gasteiger partial charge on any atom is -0.362 e. The standard InChI is InChI=1S/C19H28N6O2/c1-11-10-16(24-27-11)18(26)21-14-6-8-15(9-7-14)22-19-20-13(3)12(2)17(23-19)25(4)5/h10,14-15H,6-9H2,1-5H3,(H,21,26)(H,20,22,23). The first kappa shape index (κ1) is 19.1. The van der Waals surface area contributed by atoms with Gasteiger partial charge in [0, 0.05) is 43.5 Å². The van der Waals surface area contributed by atoms with Crippen LogP contribution < -0.4 is 15.5 Å². The number of nitrogens with one attached hydrogen (secondary N) is 2. The van der Waals surface area contributed by atoms with Gasteiger partial charge in [-0.3, -0.25) is 4.79 Å². The van der Waals surface area contributed by atoms with E-state index in [0.29, 0.717) is 23.4 Å². The number of carbonyl (C=O) groups is 1. The van der Waals surface area contributed by atoms with Gasteiger partial charge < -0.3 is 20.1 Å². The van der Waals surface area contributed by atoms with E-state index in [1.165, 1.54) is 0 Å². The second kappa shape index (κ2) is 7.94. The molecule has 27 heavy (non-hydrogen) atoms. The predicted octanol–water partition coefficient (Wildman–Crippen LogP) is 2.61. The number of carbonyl (C=O) groups excluding carboxylic acids is 1. The maximum absolute atomic E-state index is 12.2. The van der Waals surface area contributed by atoms with E-state index in [0.717, 1.165) is 42.8 Å². The molecule has 8 heteroatoms. The highest BCUT2D eigenvalue weighted by molar-refractivity contribution is 5.92. The average Bonchev–Trinajstić information content (AvgIpc) is 3.06. The smallest absolute Gasteiger partial charge is 0.273 e. The topological polar surface area (TPSA) is 96.2 Å². The molecule has 0 unspecified atom stereocenters. The van der Waals surface area contributed by atoms with Crippen LogP contribution in [0.15, 0.2) is 10.6 Å². The van der Waals surface area contributed by atoms with Crippen molar-refractivity contribution in [2.75, 3.05) is 24.3 Å². The molecule has 0 bridgehead atoms. The molecule has 0 aromatic carbocycles. The molecule has 2 heterocycles. The Bertz CT molecular complexity index is 809. The second-order valence-electron chi connectivity index (χ2n) is 7.46. The summed E-state index contributed by atoms with van der Waals surface area (Å²) in [6.07, 6.45) is 3.73. The van der Waals surface area contributed by atoms with Gasteiger partial charge in [-0.2, -0.15) is 4.98 Å². The summed E-state index contributed by atoms with van der Waals surface area (Å²) in [7, 11) is 3.98. The molecule has 2 N–H and O–H groups in total. The number of hydrogen-bond acceptors (Lipinski definition) is 7. The van der Waals surface area contributed by atoms with Crippen LogP contribution in [0.4, 0.5) is 11.8 Å². The van der Waals surface area contributed by atoms with E-state index in [2.05, 4.69) is 25.8 Å². The van der Waals surface area contributed by atoms with Crippen LogP contribution in [0.25, 0.3) is 0 Å². The summed E-state index contributed by atoms with van der Waals surface area (Å²) in [6, 6.07) is 2.12. The molecule has 0 radical (unpaired) electrons. The molecule has 2 aromatic rings. The third kappa shape index (κ3) is 4.56. The Balaban J connectivity index is 1.54. The average molecular weight is 372 g/mol. The minimum absolute atomic E-state index is 0.158. The van der Waals surface area contributed by atoms with E-state index in [1.54, 1.807) is 13.0 Å². The van der Waals surface area contributed by atoms with Crippen molar-refractivity contribution in [3.63, 3.8) is 0 Å². The van der Waals surface area contributed by atoms with Crippen molar-refractivity contribution in [1.29, 1.82) is 0 Å². The molecule has 1 saturated carbocycles. The van der Waals surface area contributed by atoms with E-state index in [1.807, 2.05) is 32.8 Å². The SMILES string of the molecule is Cc1cc(C(=O)NC2CCC(Nc3nc(C)c(C)c(N(C)C)n3)CC2)no1. The van der Waals surface area contributed by atoms with Gasteiger partial charge in [0.05, 0.1) is 0 Å². The third-order valence-electron chi connectivity index (χ3n) is 5.04. The lowest BCUT2D eigenvalue weighted by Crippen LogP contribution is -2.40. The number of aryl methyl sites for hydroxylation is 2. The fourth-order valence-corrected chi connectivity index (χ4v) is 3.41. The zero-order valence-electron chi connectivity index (χ0n) is 16.7. The highest BCUT2D eigenvalue weighted by atomic mass is 16.5. The molecule has 0 saturated heterocycles. The van der Waals surface area contributed by atoms with Gasteiger partial charge in [0.25, 0.3) is 5.91 Å². The number of anilines is 2. The molecule has 2 aromatic heterocycles. The van der Waals surface area contributed by atoms with Gasteiger partial charge in [0.15, 0.2) is 5.69 Å². The van der Waals surface area contributed by atoms with Gasteiger partial charge in [0.1, 0.15) is 11.6 Å². The molecular formula is C19H28N6O2. The van der Waals surface area contributed by atoms with Crippen molar-refractivity contribution in [2.45, 2.75) is 58.5 Å². The molecule has 1 aliphatic carbocycles. The number of rotatable bonds is 5. The van der Waals surface area contributed by atoms with Gasteiger partial charge in [0.2, 0.25) is 5.95 Å². The van der Waals surface area contributed by atoms with Crippen molar-refractivity contribution in [1.82, 2.24) is 20.4 Å². The summed E-state index contributed by atoms with van der Waals surface area (Å²) < 4.78 is 4.96. The molecule has 0 atom stereocenters. The Kier molecular flexibility index (Phi) is 5.62. The quantitative estimate of drug-likeness (QED) is 0.833. The number of hydrogen-bond donors (Lipinski definition) is 2. The van der Waals surface area contributed by atoms with Crippen LogP contribution in [0, 0.1) is 20.8 Å². The van der Waals surface area contributed by atoms with E-state index < -0.39 is 0 Å². The Morgan fingerprint density at radius 3 is 2.37 bits per heavy atom. The maximum atomic E-state index is 12.2. The predicted molar refractivity (Wildman–Crippen MR) is 104 cm³/mol. The van der Waals surface area contributed by atoms with Crippen LogP contribution in [0.5, 0.6) is 0 Å². The summed E-state index contributed by atoms with van der Waals surface area (Å²) in [4.78, 5) is 23.4. The number of nitrogens with zero attached hydrogens (tertiary/aromatic N) is 4. The van der Waals surface area contributed by atoms with Crippen molar-refractivity contribution < 1.29 is 9.32 Å². The lowest BCUT2D eigenvalue weighted by Gasteiger charge is -2.29. The fourth-order valence-electron chi connectivity index (χ4n) is 3.41. The van der Waals surface area contributed by atoms with Crippen LogP contribution >= 0.6 is 0 Å². The minimum atomic E-state index is -0.170. The highest BCUT2D eigenvalue weighted by Gasteiger charge is 2.24. The summed E-state index contributed by atoms with van der Waals surface area (Å²) >= 11 is 0. The first-order valence-corrected chi connectivity index (χ1v) is 9.36. The van der Waals surface area contributed by atoms with Gasteiger partial charge in [-0.05, 0) is 46.5 Å². The fraction of sp³-hybridized carbons (Fsp3) is 0.579. The first-order chi connectivity index (χ1) is 12.8. The van der Waals surface area contributed by atoms with Crippen molar-refractivity contribution in [3.8, 4) is 0 Å². The Hall–Kier alpha value is -2.64. The largest absolute Gasteiger partial charge is 0.362 e. The lowest BCUT2D eigenvalue weighted by molar-refractivity contribution is 0.0917. The zero-order chi connectivity index (χ0) is 19.6. The molecular weight excluding hydrogens is 344 g/mol. The summed E-state index contributed by atoms with van der Waals surface area (Å²) in [5, 5.41) is 10.3. The molecule has 0 spiro atoms. The van der Waals surface area contributed by atoms with Crippen LogP contribution in [0.1, 0.15) is 53.2 Å². The van der Waals surface area contributed by atoms with Crippen molar-refractivity contribution >= 4 is 17.7 Å². The van der Waals surface area contributed by atoms with E-state index in [4.69, 9.17) is 4.52 Å². The lowest BCUT2D eigenvalue weighted by atomic mass is 9.91.